The van der Waals surface area contributed by atoms with Crippen LogP contribution in [0.1, 0.15) is 22.8 Å². The highest BCUT2D eigenvalue weighted by atomic mass is 79.9. The molecule has 2 N–H and O–H groups in total. The number of halogens is 1. The average Bonchev–Trinajstić information content (AvgIpc) is 2.67. The number of carbonyl (C=O) groups is 2. The normalized spacial score (nSPS) is 12.3. The van der Waals surface area contributed by atoms with Crippen LogP contribution in [0.2, 0.25) is 0 Å². The van der Waals surface area contributed by atoms with Crippen molar-refractivity contribution in [2.24, 2.45) is 0 Å². The Morgan fingerprint density at radius 1 is 1.10 bits per heavy atom. The van der Waals surface area contributed by atoms with Gasteiger partial charge in [-0.1, -0.05) is 12.1 Å². The third-order valence-corrected chi connectivity index (χ3v) is 6.37. The van der Waals surface area contributed by atoms with Crippen molar-refractivity contribution in [1.29, 1.82) is 0 Å². The molecule has 156 valence electrons. The zero-order valence-corrected chi connectivity index (χ0v) is 18.8. The van der Waals surface area contributed by atoms with Gasteiger partial charge in [0.25, 0.3) is 11.8 Å². The molecule has 0 saturated carbocycles. The molecule has 0 fully saturated rings. The fourth-order valence-corrected chi connectivity index (χ4v) is 3.78. The summed E-state index contributed by atoms with van der Waals surface area (Å²) in [6, 6.07) is 11.0. The Labute approximate surface area is 178 Å². The van der Waals surface area contributed by atoms with Crippen LogP contribution >= 0.6 is 15.9 Å². The third kappa shape index (κ3) is 5.78. The lowest BCUT2D eigenvalue weighted by Gasteiger charge is -2.16. The third-order valence-electron chi connectivity index (χ3n) is 3.93. The molecule has 1 unspecified atom stereocenters. The molecule has 10 heteroatoms. The van der Waals surface area contributed by atoms with Crippen LogP contribution in [0, 0.1) is 6.92 Å². The number of hydrazine groups is 1. The summed E-state index contributed by atoms with van der Waals surface area (Å²) in [4.78, 5) is 24.5. The molecule has 0 aliphatic heterocycles. The van der Waals surface area contributed by atoms with Crippen LogP contribution in [0.15, 0.2) is 51.8 Å². The van der Waals surface area contributed by atoms with E-state index in [1.165, 1.54) is 45.3 Å². The highest BCUT2D eigenvalue weighted by Crippen LogP contribution is 2.26. The average molecular weight is 484 g/mol. The van der Waals surface area contributed by atoms with E-state index in [1.54, 1.807) is 6.07 Å². The highest BCUT2D eigenvalue weighted by Gasteiger charge is 2.20. The maximum absolute atomic E-state index is 12.3. The molecule has 2 rings (SSSR count). The number of nitrogens with zero attached hydrogens (tertiary/aromatic N) is 1. The molecular formula is C19H22BrN3O5S. The number of aryl methyl sites for hydroxylation is 1. The van der Waals surface area contributed by atoms with Gasteiger partial charge in [0.05, 0.1) is 9.37 Å². The minimum absolute atomic E-state index is 0.0256. The number of carbonyl (C=O) groups excluding carboxylic acids is 2. The largest absolute Gasteiger partial charge is 0.480 e. The van der Waals surface area contributed by atoms with Crippen molar-refractivity contribution in [1.82, 2.24) is 15.2 Å². The topological polar surface area (TPSA) is 105 Å². The fraction of sp³-hybridized carbons (Fsp3) is 0.263. The molecule has 0 heterocycles. The van der Waals surface area contributed by atoms with E-state index in [4.69, 9.17) is 4.74 Å². The highest BCUT2D eigenvalue weighted by molar-refractivity contribution is 9.10. The van der Waals surface area contributed by atoms with E-state index < -0.39 is 27.9 Å². The van der Waals surface area contributed by atoms with Gasteiger partial charge in [0, 0.05) is 19.7 Å². The van der Waals surface area contributed by atoms with Gasteiger partial charge in [-0.05, 0) is 65.7 Å². The van der Waals surface area contributed by atoms with Gasteiger partial charge in [-0.25, -0.2) is 12.7 Å². The minimum atomic E-state index is -3.68. The van der Waals surface area contributed by atoms with E-state index in [9.17, 15) is 18.0 Å². The predicted octanol–water partition coefficient (Wildman–Crippen LogP) is 2.24. The molecule has 0 radical (unpaired) electrons. The Balaban J connectivity index is 2.00. The number of sulfonamides is 1. The van der Waals surface area contributed by atoms with Gasteiger partial charge in [-0.3, -0.25) is 20.4 Å². The van der Waals surface area contributed by atoms with E-state index >= 15 is 0 Å². The number of amides is 2. The van der Waals surface area contributed by atoms with Gasteiger partial charge >= 0.3 is 0 Å². The summed E-state index contributed by atoms with van der Waals surface area (Å²) >= 11 is 3.37. The first-order chi connectivity index (χ1) is 13.5. The van der Waals surface area contributed by atoms with E-state index in [2.05, 4.69) is 26.8 Å². The van der Waals surface area contributed by atoms with Gasteiger partial charge < -0.3 is 4.74 Å². The number of ether oxygens (including phenoxy) is 1. The Morgan fingerprint density at radius 2 is 1.79 bits per heavy atom. The van der Waals surface area contributed by atoms with E-state index in [-0.39, 0.29) is 10.5 Å². The van der Waals surface area contributed by atoms with Gasteiger partial charge in [-0.2, -0.15) is 0 Å². The smallest absolute Gasteiger partial charge is 0.279 e. The molecule has 0 aliphatic carbocycles. The predicted molar refractivity (Wildman–Crippen MR) is 112 cm³/mol. The Hall–Kier alpha value is -2.43. The standard InChI is InChI=1S/C19H22BrN3O5S/c1-12-8-9-17(16(20)10-12)28-13(2)18(24)21-22-19(25)14-6-5-7-15(11-14)29(26,27)23(3)4/h5-11,13H,1-4H3,(H,21,24)(H,22,25). The molecular weight excluding hydrogens is 462 g/mol. The molecule has 0 bridgehead atoms. The lowest BCUT2D eigenvalue weighted by atomic mass is 10.2. The second-order valence-electron chi connectivity index (χ2n) is 6.45. The molecule has 2 aromatic rings. The van der Waals surface area contributed by atoms with Gasteiger partial charge in [-0.15, -0.1) is 0 Å². The van der Waals surface area contributed by atoms with Crippen LogP contribution in [0.4, 0.5) is 0 Å². The first-order valence-electron chi connectivity index (χ1n) is 8.58. The van der Waals surface area contributed by atoms with Crippen LogP contribution < -0.4 is 15.6 Å². The maximum atomic E-state index is 12.3. The summed E-state index contributed by atoms with van der Waals surface area (Å²) in [6.07, 6.45) is -0.880. The summed E-state index contributed by atoms with van der Waals surface area (Å²) in [7, 11) is -0.880. The van der Waals surface area contributed by atoms with Crippen molar-refractivity contribution in [3.8, 4) is 5.75 Å². The summed E-state index contributed by atoms with van der Waals surface area (Å²) in [5.74, 6) is -0.730. The fourth-order valence-electron chi connectivity index (χ4n) is 2.25. The molecule has 29 heavy (non-hydrogen) atoms. The molecule has 0 saturated heterocycles. The summed E-state index contributed by atoms with van der Waals surface area (Å²) in [6.45, 7) is 3.47. The number of rotatable bonds is 6. The van der Waals surface area contributed by atoms with Crippen LogP contribution in [-0.2, 0) is 14.8 Å². The van der Waals surface area contributed by atoms with Gasteiger partial charge in [0.1, 0.15) is 5.75 Å². The molecule has 8 nitrogen and oxygen atoms in total. The molecule has 2 amide bonds. The van der Waals surface area contributed by atoms with Crippen LogP contribution in [0.5, 0.6) is 5.75 Å². The number of hydrogen-bond donors (Lipinski definition) is 2. The SMILES string of the molecule is Cc1ccc(OC(C)C(=O)NNC(=O)c2cccc(S(=O)(=O)N(C)C)c2)c(Br)c1. The van der Waals surface area contributed by atoms with Crippen molar-refractivity contribution in [3.63, 3.8) is 0 Å². The summed E-state index contributed by atoms with van der Waals surface area (Å²) in [5.41, 5.74) is 5.65. The quantitative estimate of drug-likeness (QED) is 0.612. The lowest BCUT2D eigenvalue weighted by molar-refractivity contribution is -0.128. The van der Waals surface area contributed by atoms with Crippen molar-refractivity contribution < 1.29 is 22.7 Å². The van der Waals surface area contributed by atoms with Gasteiger partial charge in [0.2, 0.25) is 10.0 Å². The van der Waals surface area contributed by atoms with Crippen LogP contribution in [-0.4, -0.2) is 44.7 Å². The molecule has 2 aromatic carbocycles. The van der Waals surface area contributed by atoms with Crippen molar-refractivity contribution in [2.75, 3.05) is 14.1 Å². The molecule has 0 spiro atoms. The van der Waals surface area contributed by atoms with Crippen molar-refractivity contribution >= 4 is 37.8 Å². The second-order valence-corrected chi connectivity index (χ2v) is 9.46. The zero-order valence-electron chi connectivity index (χ0n) is 16.4. The summed E-state index contributed by atoms with van der Waals surface area (Å²) in [5, 5.41) is 0. The molecule has 0 aliphatic rings. The Kier molecular flexibility index (Phi) is 7.39. The first-order valence-corrected chi connectivity index (χ1v) is 10.8. The Morgan fingerprint density at radius 3 is 2.41 bits per heavy atom. The second kappa shape index (κ2) is 9.38. The Bertz CT molecular complexity index is 1020. The molecule has 0 aromatic heterocycles. The molecule has 1 atom stereocenters. The van der Waals surface area contributed by atoms with E-state index in [0.717, 1.165) is 9.87 Å². The maximum Gasteiger partial charge on any atom is 0.279 e. The van der Waals surface area contributed by atoms with Crippen molar-refractivity contribution in [2.45, 2.75) is 24.8 Å². The van der Waals surface area contributed by atoms with E-state index in [1.807, 2.05) is 19.1 Å². The van der Waals surface area contributed by atoms with Crippen LogP contribution in [0.25, 0.3) is 0 Å². The number of benzene rings is 2. The number of nitrogens with one attached hydrogen (secondary N) is 2. The monoisotopic (exact) mass is 483 g/mol. The minimum Gasteiger partial charge on any atom is -0.480 e. The number of hydrogen-bond acceptors (Lipinski definition) is 5. The van der Waals surface area contributed by atoms with Crippen LogP contribution in [0.3, 0.4) is 0 Å². The first kappa shape index (κ1) is 22.9. The summed E-state index contributed by atoms with van der Waals surface area (Å²) < 4.78 is 31.7. The van der Waals surface area contributed by atoms with Crippen molar-refractivity contribution in [3.05, 3.63) is 58.1 Å². The lowest BCUT2D eigenvalue weighted by Crippen LogP contribution is -2.47. The zero-order chi connectivity index (χ0) is 21.8. The van der Waals surface area contributed by atoms with Gasteiger partial charge in [0.15, 0.2) is 6.10 Å². The van der Waals surface area contributed by atoms with E-state index in [0.29, 0.717) is 10.2 Å².